The molecular weight excluding hydrogens is 398 g/mol. The van der Waals surface area contributed by atoms with E-state index in [0.29, 0.717) is 28.5 Å². The van der Waals surface area contributed by atoms with Crippen LogP contribution in [0.3, 0.4) is 0 Å². The molecule has 3 rings (SSSR count). The zero-order valence-corrected chi connectivity index (χ0v) is 17.7. The normalized spacial score (nSPS) is 10.4. The fraction of sp³-hybridized carbons (Fsp3) is 0.167. The maximum Gasteiger partial charge on any atom is 0.253 e. The molecule has 3 aromatic carbocycles. The number of aryl methyl sites for hydroxylation is 1. The number of carbonyl (C=O) groups is 2. The van der Waals surface area contributed by atoms with Crippen molar-refractivity contribution in [2.45, 2.75) is 13.5 Å². The SMILES string of the molecule is Cc1ccc(NC(=O)CNc2cccc(C(=O)N(C)Cc3ccccc3)c2)cc1Cl. The third kappa shape index (κ3) is 5.84. The predicted octanol–water partition coefficient (Wildman–Crippen LogP) is 4.97. The van der Waals surface area contributed by atoms with Gasteiger partial charge in [0, 0.05) is 35.6 Å². The summed E-state index contributed by atoms with van der Waals surface area (Å²) in [5, 5.41) is 6.46. The van der Waals surface area contributed by atoms with Gasteiger partial charge in [-0.25, -0.2) is 0 Å². The number of hydrogen-bond acceptors (Lipinski definition) is 3. The average Bonchev–Trinajstić information content (AvgIpc) is 2.75. The van der Waals surface area contributed by atoms with E-state index in [4.69, 9.17) is 11.6 Å². The second-order valence-electron chi connectivity index (χ2n) is 7.09. The van der Waals surface area contributed by atoms with Crippen molar-refractivity contribution in [2.24, 2.45) is 0 Å². The predicted molar refractivity (Wildman–Crippen MR) is 122 cm³/mol. The van der Waals surface area contributed by atoms with Crippen molar-refractivity contribution in [3.63, 3.8) is 0 Å². The molecular formula is C24H24ClN3O2. The number of rotatable bonds is 7. The lowest BCUT2D eigenvalue weighted by molar-refractivity contribution is -0.114. The maximum atomic E-state index is 12.7. The van der Waals surface area contributed by atoms with Crippen LogP contribution in [0.2, 0.25) is 5.02 Å². The molecule has 0 radical (unpaired) electrons. The van der Waals surface area contributed by atoms with Gasteiger partial charge in [0.2, 0.25) is 5.91 Å². The quantitative estimate of drug-likeness (QED) is 0.566. The van der Waals surface area contributed by atoms with E-state index in [1.165, 1.54) is 0 Å². The Morgan fingerprint density at radius 2 is 1.70 bits per heavy atom. The lowest BCUT2D eigenvalue weighted by atomic mass is 10.1. The Kier molecular flexibility index (Phi) is 7.09. The van der Waals surface area contributed by atoms with E-state index in [1.807, 2.05) is 49.4 Å². The number of nitrogens with one attached hydrogen (secondary N) is 2. The first-order chi connectivity index (χ1) is 14.4. The smallest absolute Gasteiger partial charge is 0.253 e. The first kappa shape index (κ1) is 21.4. The van der Waals surface area contributed by atoms with E-state index in [-0.39, 0.29) is 18.4 Å². The maximum absolute atomic E-state index is 12.7. The van der Waals surface area contributed by atoms with Crippen LogP contribution >= 0.6 is 11.6 Å². The fourth-order valence-electron chi connectivity index (χ4n) is 2.97. The second kappa shape index (κ2) is 9.94. The molecule has 6 heteroatoms. The third-order valence-corrected chi connectivity index (χ3v) is 5.03. The topological polar surface area (TPSA) is 61.4 Å². The molecule has 0 unspecified atom stereocenters. The van der Waals surface area contributed by atoms with E-state index >= 15 is 0 Å². The van der Waals surface area contributed by atoms with Crippen LogP contribution in [0, 0.1) is 6.92 Å². The molecule has 0 saturated heterocycles. The first-order valence-electron chi connectivity index (χ1n) is 9.62. The summed E-state index contributed by atoms with van der Waals surface area (Å²) in [5.74, 6) is -0.283. The number of benzene rings is 3. The molecule has 2 amide bonds. The van der Waals surface area contributed by atoms with Crippen molar-refractivity contribution in [3.8, 4) is 0 Å². The van der Waals surface area contributed by atoms with Crippen molar-refractivity contribution in [1.29, 1.82) is 0 Å². The Balaban J connectivity index is 1.57. The van der Waals surface area contributed by atoms with Crippen molar-refractivity contribution in [2.75, 3.05) is 24.2 Å². The molecule has 154 valence electrons. The van der Waals surface area contributed by atoms with Crippen molar-refractivity contribution in [3.05, 3.63) is 94.5 Å². The highest BCUT2D eigenvalue weighted by Gasteiger charge is 2.13. The van der Waals surface area contributed by atoms with E-state index in [2.05, 4.69) is 10.6 Å². The summed E-state index contributed by atoms with van der Waals surface area (Å²) in [6.07, 6.45) is 0. The Labute approximate surface area is 181 Å². The summed E-state index contributed by atoms with van der Waals surface area (Å²) in [6, 6.07) is 22.3. The zero-order valence-electron chi connectivity index (χ0n) is 17.0. The van der Waals surface area contributed by atoms with E-state index in [1.54, 1.807) is 42.3 Å². The molecule has 0 heterocycles. The first-order valence-corrected chi connectivity index (χ1v) is 9.99. The molecule has 0 bridgehead atoms. The molecule has 2 N–H and O–H groups in total. The number of amides is 2. The minimum absolute atomic E-state index is 0.0724. The van der Waals surface area contributed by atoms with Gasteiger partial charge in [0.25, 0.3) is 5.91 Å². The average molecular weight is 422 g/mol. The second-order valence-corrected chi connectivity index (χ2v) is 7.50. The number of carbonyl (C=O) groups excluding carboxylic acids is 2. The Bertz CT molecular complexity index is 1040. The van der Waals surface area contributed by atoms with Crippen molar-refractivity contribution >= 4 is 34.8 Å². The number of nitrogens with zero attached hydrogens (tertiary/aromatic N) is 1. The molecule has 0 saturated carbocycles. The number of hydrogen-bond donors (Lipinski definition) is 2. The lowest BCUT2D eigenvalue weighted by Gasteiger charge is -2.18. The van der Waals surface area contributed by atoms with Crippen LogP contribution in [0.1, 0.15) is 21.5 Å². The minimum atomic E-state index is -0.201. The largest absolute Gasteiger partial charge is 0.376 e. The van der Waals surface area contributed by atoms with Gasteiger partial charge in [-0.2, -0.15) is 0 Å². The van der Waals surface area contributed by atoms with Gasteiger partial charge in [-0.05, 0) is 48.4 Å². The molecule has 30 heavy (non-hydrogen) atoms. The monoisotopic (exact) mass is 421 g/mol. The summed E-state index contributed by atoms with van der Waals surface area (Å²) in [5.41, 5.74) is 3.92. The van der Waals surface area contributed by atoms with Crippen LogP contribution in [0.15, 0.2) is 72.8 Å². The molecule has 0 spiro atoms. The lowest BCUT2D eigenvalue weighted by Crippen LogP contribution is -2.26. The van der Waals surface area contributed by atoms with Crippen LogP contribution in [0.4, 0.5) is 11.4 Å². The van der Waals surface area contributed by atoms with Gasteiger partial charge >= 0.3 is 0 Å². The Hall–Kier alpha value is -3.31. The number of halogens is 1. The van der Waals surface area contributed by atoms with Gasteiger partial charge in [-0.3, -0.25) is 9.59 Å². The highest BCUT2D eigenvalue weighted by Crippen LogP contribution is 2.20. The van der Waals surface area contributed by atoms with Crippen LogP contribution in [-0.4, -0.2) is 30.3 Å². The van der Waals surface area contributed by atoms with Gasteiger partial charge in [0.1, 0.15) is 0 Å². The van der Waals surface area contributed by atoms with Crippen LogP contribution in [0.25, 0.3) is 0 Å². The summed E-state index contributed by atoms with van der Waals surface area (Å²) in [6.45, 7) is 2.50. The Morgan fingerprint density at radius 1 is 0.933 bits per heavy atom. The van der Waals surface area contributed by atoms with Crippen LogP contribution in [-0.2, 0) is 11.3 Å². The summed E-state index contributed by atoms with van der Waals surface area (Å²) in [4.78, 5) is 26.6. The third-order valence-electron chi connectivity index (χ3n) is 4.63. The standard InChI is InChI=1S/C24H24ClN3O2/c1-17-11-12-21(14-22(17)25)27-23(29)15-26-20-10-6-9-19(13-20)24(30)28(2)16-18-7-4-3-5-8-18/h3-14,26H,15-16H2,1-2H3,(H,27,29). The molecule has 5 nitrogen and oxygen atoms in total. The molecule has 0 aliphatic carbocycles. The molecule has 0 aliphatic heterocycles. The van der Waals surface area contributed by atoms with Gasteiger partial charge in [0.05, 0.1) is 6.54 Å². The number of anilines is 2. The molecule has 0 aliphatic rings. The summed E-state index contributed by atoms with van der Waals surface area (Å²) >= 11 is 6.09. The van der Waals surface area contributed by atoms with Gasteiger partial charge in [0.15, 0.2) is 0 Å². The molecule has 0 fully saturated rings. The van der Waals surface area contributed by atoms with Gasteiger partial charge in [-0.15, -0.1) is 0 Å². The highest BCUT2D eigenvalue weighted by atomic mass is 35.5. The molecule has 0 atom stereocenters. The van der Waals surface area contributed by atoms with E-state index in [0.717, 1.165) is 11.1 Å². The van der Waals surface area contributed by atoms with Crippen molar-refractivity contribution in [1.82, 2.24) is 4.90 Å². The van der Waals surface area contributed by atoms with Crippen molar-refractivity contribution < 1.29 is 9.59 Å². The fourth-order valence-corrected chi connectivity index (χ4v) is 3.15. The van der Waals surface area contributed by atoms with Gasteiger partial charge < -0.3 is 15.5 Å². The van der Waals surface area contributed by atoms with Crippen LogP contribution < -0.4 is 10.6 Å². The van der Waals surface area contributed by atoms with Crippen LogP contribution in [0.5, 0.6) is 0 Å². The summed E-state index contributed by atoms with van der Waals surface area (Å²) < 4.78 is 0. The molecule has 3 aromatic rings. The summed E-state index contributed by atoms with van der Waals surface area (Å²) in [7, 11) is 1.77. The molecule has 0 aromatic heterocycles. The van der Waals surface area contributed by atoms with E-state index in [9.17, 15) is 9.59 Å². The highest BCUT2D eigenvalue weighted by molar-refractivity contribution is 6.31. The van der Waals surface area contributed by atoms with Gasteiger partial charge in [-0.1, -0.05) is 54.1 Å². The zero-order chi connectivity index (χ0) is 21.5. The Morgan fingerprint density at radius 3 is 2.43 bits per heavy atom. The minimum Gasteiger partial charge on any atom is -0.376 e. The van der Waals surface area contributed by atoms with E-state index < -0.39 is 0 Å².